The van der Waals surface area contributed by atoms with Crippen molar-refractivity contribution in [3.05, 3.63) is 71.3 Å². The second-order valence-corrected chi connectivity index (χ2v) is 6.36. The van der Waals surface area contributed by atoms with Gasteiger partial charge >= 0.3 is 0 Å². The van der Waals surface area contributed by atoms with Crippen molar-refractivity contribution in [2.75, 3.05) is 21.3 Å². The predicted octanol–water partition coefficient (Wildman–Crippen LogP) is 3.06. The minimum atomic E-state index is -2.22. The lowest BCUT2D eigenvalue weighted by Crippen LogP contribution is -2.59. The number of hydrogen-bond donors (Lipinski definition) is 0. The molecule has 10 heteroatoms. The maximum atomic E-state index is 15.1. The highest BCUT2D eigenvalue weighted by Crippen LogP contribution is 2.23. The van der Waals surface area contributed by atoms with Gasteiger partial charge in [-0.05, 0) is 36.4 Å². The summed E-state index contributed by atoms with van der Waals surface area (Å²) in [7, 11) is 3.23. The largest absolute Gasteiger partial charge is 0.494 e. The summed E-state index contributed by atoms with van der Waals surface area (Å²) in [6.45, 7) is -2.22. The number of halogens is 6. The van der Waals surface area contributed by atoms with Gasteiger partial charge in [-0.1, -0.05) is 0 Å². The summed E-state index contributed by atoms with van der Waals surface area (Å²) in [6, 6.07) is 5.08. The average Bonchev–Trinajstić information content (AvgIpc) is 2.74. The van der Waals surface area contributed by atoms with E-state index < -0.39 is 75.3 Å². The lowest BCUT2D eigenvalue weighted by molar-refractivity contribution is 0.385. The lowest BCUT2D eigenvalue weighted by Gasteiger charge is -2.21. The normalized spacial score (nSPS) is 10.7. The summed E-state index contributed by atoms with van der Waals surface area (Å²) >= 11 is 0. The topological polar surface area (TPSA) is 27.7 Å². The fourth-order valence-corrected chi connectivity index (χ4v) is 3.35. The summed E-state index contributed by atoms with van der Waals surface area (Å²) in [4.78, 5) is 0. The van der Waals surface area contributed by atoms with Crippen molar-refractivity contribution in [3.8, 4) is 17.2 Å². The highest BCUT2D eigenvalue weighted by Gasteiger charge is 2.39. The molecule has 0 heterocycles. The van der Waals surface area contributed by atoms with Crippen LogP contribution in [0.3, 0.4) is 0 Å². The molecular formula is C21H15BF6O3. The molecule has 31 heavy (non-hydrogen) atoms. The molecule has 3 aromatic rings. The highest BCUT2D eigenvalue weighted by atomic mass is 19.2. The Morgan fingerprint density at radius 3 is 0.968 bits per heavy atom. The number of rotatable bonds is 6. The van der Waals surface area contributed by atoms with E-state index in [4.69, 9.17) is 14.2 Å². The SMILES string of the molecule is COc1ccc(F)c(B(c2c(F)ccc(OC)c2F)c2c(F)ccc(OC)c2F)c1F. The minimum Gasteiger partial charge on any atom is -0.494 e. The second-order valence-electron chi connectivity index (χ2n) is 6.36. The van der Waals surface area contributed by atoms with Crippen molar-refractivity contribution < 1.29 is 40.6 Å². The van der Waals surface area contributed by atoms with Gasteiger partial charge in [-0.25, -0.2) is 26.3 Å². The quantitative estimate of drug-likeness (QED) is 0.436. The van der Waals surface area contributed by atoms with Crippen LogP contribution in [0, 0.1) is 34.9 Å². The van der Waals surface area contributed by atoms with Gasteiger partial charge in [0.1, 0.15) is 17.5 Å². The summed E-state index contributed by atoms with van der Waals surface area (Å²) < 4.78 is 104. The first-order valence-electron chi connectivity index (χ1n) is 8.82. The van der Waals surface area contributed by atoms with Crippen LogP contribution in [-0.4, -0.2) is 28.0 Å². The molecule has 3 rings (SSSR count). The van der Waals surface area contributed by atoms with Gasteiger partial charge in [0.15, 0.2) is 34.7 Å². The zero-order valence-electron chi connectivity index (χ0n) is 16.5. The van der Waals surface area contributed by atoms with Crippen LogP contribution < -0.4 is 30.6 Å². The van der Waals surface area contributed by atoms with Gasteiger partial charge in [-0.15, -0.1) is 0 Å². The van der Waals surface area contributed by atoms with Gasteiger partial charge in [0.05, 0.1) is 21.3 Å². The summed E-state index contributed by atoms with van der Waals surface area (Å²) in [5.41, 5.74) is -3.05. The van der Waals surface area contributed by atoms with Crippen LogP contribution in [0.15, 0.2) is 36.4 Å². The van der Waals surface area contributed by atoms with Crippen molar-refractivity contribution in [2.45, 2.75) is 0 Å². The van der Waals surface area contributed by atoms with Crippen molar-refractivity contribution >= 4 is 23.1 Å². The van der Waals surface area contributed by atoms with Crippen molar-refractivity contribution in [3.63, 3.8) is 0 Å². The van der Waals surface area contributed by atoms with Gasteiger partial charge in [0.25, 0.3) is 6.71 Å². The first-order chi connectivity index (χ1) is 14.8. The molecule has 0 radical (unpaired) electrons. The number of ether oxygens (including phenoxy) is 3. The van der Waals surface area contributed by atoms with E-state index in [-0.39, 0.29) is 0 Å². The summed E-state index contributed by atoms with van der Waals surface area (Å²) in [5.74, 6) is -9.51. The number of hydrogen-bond acceptors (Lipinski definition) is 3. The van der Waals surface area contributed by atoms with E-state index in [1.54, 1.807) is 0 Å². The van der Waals surface area contributed by atoms with E-state index in [0.29, 0.717) is 0 Å². The molecule has 0 aliphatic carbocycles. The zero-order chi connectivity index (χ0) is 22.9. The molecule has 0 aliphatic heterocycles. The maximum absolute atomic E-state index is 15.1. The third-order valence-corrected chi connectivity index (χ3v) is 4.80. The van der Waals surface area contributed by atoms with Crippen molar-refractivity contribution in [1.82, 2.24) is 0 Å². The van der Waals surface area contributed by atoms with E-state index in [0.717, 1.165) is 57.7 Å². The molecule has 0 N–H and O–H groups in total. The fourth-order valence-electron chi connectivity index (χ4n) is 3.35. The van der Waals surface area contributed by atoms with Gasteiger partial charge in [-0.3, -0.25) is 0 Å². The third kappa shape index (κ3) is 3.78. The smallest absolute Gasteiger partial charge is 0.264 e. The van der Waals surface area contributed by atoms with Crippen LogP contribution >= 0.6 is 0 Å². The van der Waals surface area contributed by atoms with Crippen LogP contribution in [0.25, 0.3) is 0 Å². The van der Waals surface area contributed by atoms with Gasteiger partial charge in [-0.2, -0.15) is 0 Å². The molecule has 3 nitrogen and oxygen atoms in total. The van der Waals surface area contributed by atoms with E-state index in [1.165, 1.54) is 0 Å². The van der Waals surface area contributed by atoms with Gasteiger partial charge in [0.2, 0.25) is 0 Å². The highest BCUT2D eigenvalue weighted by molar-refractivity contribution is 6.95. The van der Waals surface area contributed by atoms with Crippen LogP contribution in [0.2, 0.25) is 0 Å². The zero-order valence-corrected chi connectivity index (χ0v) is 16.5. The minimum absolute atomic E-state index is 0.492. The van der Waals surface area contributed by atoms with Crippen molar-refractivity contribution in [1.29, 1.82) is 0 Å². The van der Waals surface area contributed by atoms with E-state index in [1.807, 2.05) is 0 Å². The lowest BCUT2D eigenvalue weighted by atomic mass is 9.36. The molecular weight excluding hydrogens is 425 g/mol. The standard InChI is InChI=1S/C21H15BF6O3/c1-29-13-7-4-10(23)16(19(13)26)22(17-11(24)5-8-14(30-2)20(17)27)18-12(25)6-9-15(31-3)21(18)28/h4-9H,1-3H3. The predicted molar refractivity (Wildman–Crippen MR) is 103 cm³/mol. The molecule has 0 amide bonds. The molecule has 3 aromatic carbocycles. The number of methoxy groups -OCH3 is 3. The van der Waals surface area contributed by atoms with Crippen molar-refractivity contribution in [2.24, 2.45) is 0 Å². The van der Waals surface area contributed by atoms with Crippen LogP contribution in [-0.2, 0) is 0 Å². The molecule has 0 aromatic heterocycles. The monoisotopic (exact) mass is 440 g/mol. The molecule has 0 bridgehead atoms. The Balaban J connectivity index is 2.51. The van der Waals surface area contributed by atoms with E-state index >= 15 is 13.2 Å². The van der Waals surface area contributed by atoms with Crippen LogP contribution in [0.5, 0.6) is 17.2 Å². The summed E-state index contributed by atoms with van der Waals surface area (Å²) in [6.07, 6.45) is 0. The summed E-state index contributed by atoms with van der Waals surface area (Å²) in [5, 5.41) is 0. The molecule has 0 saturated heterocycles. The van der Waals surface area contributed by atoms with Gasteiger partial charge < -0.3 is 14.2 Å². The fraction of sp³-hybridized carbons (Fsp3) is 0.143. The van der Waals surface area contributed by atoms with Crippen LogP contribution in [0.4, 0.5) is 26.3 Å². The first kappa shape index (κ1) is 22.4. The second kappa shape index (κ2) is 8.83. The van der Waals surface area contributed by atoms with E-state index in [9.17, 15) is 13.2 Å². The molecule has 162 valence electrons. The Kier molecular flexibility index (Phi) is 6.38. The van der Waals surface area contributed by atoms with E-state index in [2.05, 4.69) is 0 Å². The Morgan fingerprint density at radius 1 is 0.484 bits per heavy atom. The Morgan fingerprint density at radius 2 is 0.742 bits per heavy atom. The number of benzene rings is 3. The first-order valence-corrected chi connectivity index (χ1v) is 8.82. The average molecular weight is 440 g/mol. The third-order valence-electron chi connectivity index (χ3n) is 4.80. The molecule has 0 fully saturated rings. The Bertz CT molecular complexity index is 997. The molecule has 0 atom stereocenters. The Hall–Kier alpha value is -3.30. The van der Waals surface area contributed by atoms with Gasteiger partial charge in [0, 0.05) is 16.4 Å². The molecule has 0 unspecified atom stereocenters. The maximum Gasteiger partial charge on any atom is 0.264 e. The molecule has 0 aliphatic rings. The molecule has 0 spiro atoms. The van der Waals surface area contributed by atoms with Crippen LogP contribution in [0.1, 0.15) is 0 Å². The molecule has 0 saturated carbocycles. The Labute approximate surface area is 174 Å².